The number of terminal acetylenes is 1. The number of hydrogen-bond donors (Lipinski definition) is 1. The Balaban J connectivity index is 1.14. The number of ether oxygens (including phenoxy) is 3. The lowest BCUT2D eigenvalue weighted by Gasteiger charge is -2.41. The van der Waals surface area contributed by atoms with Crippen LogP contribution >= 0.6 is 0 Å². The number of rotatable bonds is 9. The maximum absolute atomic E-state index is 17.3. The zero-order chi connectivity index (χ0) is 37.5. The van der Waals surface area contributed by atoms with Crippen LogP contribution in [0.2, 0.25) is 0 Å². The fraction of sp³-hybridized carbons (Fsp3) is 0.475. The minimum atomic E-state index is -0.893. The summed E-state index contributed by atoms with van der Waals surface area (Å²) in [5.74, 6) is 2.62. The number of pyridine rings is 1. The van der Waals surface area contributed by atoms with Gasteiger partial charge < -0.3 is 29.1 Å². The van der Waals surface area contributed by atoms with Crippen LogP contribution in [-0.4, -0.2) is 101 Å². The monoisotopic (exact) mass is 735 g/mol. The first kappa shape index (κ1) is 34.3. The van der Waals surface area contributed by atoms with Crippen LogP contribution in [-0.2, 0) is 4.74 Å². The summed E-state index contributed by atoms with van der Waals surface area (Å²) < 4.78 is 49.9. The van der Waals surface area contributed by atoms with E-state index in [-0.39, 0.29) is 68.2 Å². The molecule has 12 nitrogen and oxygen atoms in total. The summed E-state index contributed by atoms with van der Waals surface area (Å²) in [5.41, 5.74) is -0.445. The second-order valence-electron chi connectivity index (χ2n) is 15.6. The molecule has 5 atom stereocenters. The summed E-state index contributed by atoms with van der Waals surface area (Å²) in [6, 6.07) is 6.79. The number of nitrogens with zero attached hydrogens (tertiary/aromatic N) is 7. The number of nitriles is 1. The number of carbonyl (C=O) groups is 1. The van der Waals surface area contributed by atoms with Crippen LogP contribution < -0.4 is 14.4 Å². The Morgan fingerprint density at radius 3 is 2.50 bits per heavy atom. The number of methoxy groups -OCH3 is 1. The van der Waals surface area contributed by atoms with Crippen molar-refractivity contribution in [2.75, 3.05) is 51.3 Å². The van der Waals surface area contributed by atoms with Crippen molar-refractivity contribution < 1.29 is 32.9 Å². The van der Waals surface area contributed by atoms with E-state index in [9.17, 15) is 15.2 Å². The first-order valence-electron chi connectivity index (χ1n) is 18.4. The zero-order valence-electron chi connectivity index (χ0n) is 30.0. The molecule has 2 aromatic carbocycles. The Morgan fingerprint density at radius 2 is 1.83 bits per heavy atom. The van der Waals surface area contributed by atoms with Crippen LogP contribution in [0, 0.1) is 52.6 Å². The molecule has 2 aromatic heterocycles. The number of halogens is 2. The average molecular weight is 736 g/mol. The Kier molecular flexibility index (Phi) is 8.16. The maximum Gasteiger partial charge on any atom is 0.411 e. The van der Waals surface area contributed by atoms with Crippen molar-refractivity contribution in [1.82, 2.24) is 24.8 Å². The SMILES string of the molecule is C#Cc1c(F)ccc2cc(O)cc(-c3nc(OC)c4c(N5CC6CCC(C5)N6C(=O)OC(C)C#N)nc(OCC5(CN6CC7CC7C6)CC5)nc4c3F)c12. The lowest BCUT2D eigenvalue weighted by molar-refractivity contribution is 0.0667. The van der Waals surface area contributed by atoms with Gasteiger partial charge in [-0.3, -0.25) is 4.90 Å². The van der Waals surface area contributed by atoms with Crippen LogP contribution in [0.5, 0.6) is 17.6 Å². The van der Waals surface area contributed by atoms with E-state index in [0.717, 1.165) is 44.3 Å². The van der Waals surface area contributed by atoms with E-state index in [1.807, 2.05) is 11.0 Å². The fourth-order valence-corrected chi connectivity index (χ4v) is 8.93. The Hall–Kier alpha value is -5.47. The summed E-state index contributed by atoms with van der Waals surface area (Å²) in [7, 11) is 1.40. The molecule has 3 saturated heterocycles. The molecule has 2 bridgehead atoms. The Labute approximate surface area is 310 Å². The molecular weight excluding hydrogens is 696 g/mol. The molecule has 4 aromatic rings. The van der Waals surface area contributed by atoms with Gasteiger partial charge in [0.05, 0.1) is 31.4 Å². The normalized spacial score (nSPS) is 24.2. The molecule has 5 aliphatic rings. The molecule has 5 heterocycles. The van der Waals surface area contributed by atoms with E-state index >= 15 is 8.78 Å². The molecule has 54 heavy (non-hydrogen) atoms. The lowest BCUT2D eigenvalue weighted by atomic mass is 9.95. The number of phenols is 1. The van der Waals surface area contributed by atoms with Crippen LogP contribution in [0.25, 0.3) is 32.9 Å². The number of piperidine rings is 1. The molecule has 278 valence electrons. The highest BCUT2D eigenvalue weighted by Gasteiger charge is 2.51. The predicted octanol–water partition coefficient (Wildman–Crippen LogP) is 5.63. The highest BCUT2D eigenvalue weighted by molar-refractivity contribution is 6.04. The number of fused-ring (bicyclic) bond motifs is 5. The summed E-state index contributed by atoms with van der Waals surface area (Å²) in [6.07, 6.45) is 9.07. The van der Waals surface area contributed by atoms with Gasteiger partial charge in [0.25, 0.3) is 0 Å². The van der Waals surface area contributed by atoms with Gasteiger partial charge in [-0.2, -0.15) is 15.2 Å². The number of piperazine rings is 1. The van der Waals surface area contributed by atoms with Crippen molar-refractivity contribution in [2.24, 2.45) is 17.3 Å². The minimum absolute atomic E-state index is 0.00129. The molecule has 2 saturated carbocycles. The number of anilines is 1. The van der Waals surface area contributed by atoms with Gasteiger partial charge in [-0.15, -0.1) is 6.42 Å². The molecule has 14 heteroatoms. The highest BCUT2D eigenvalue weighted by Crippen LogP contribution is 2.51. The van der Waals surface area contributed by atoms with Gasteiger partial charge in [0, 0.05) is 49.1 Å². The second kappa shape index (κ2) is 12.8. The molecule has 3 aliphatic heterocycles. The largest absolute Gasteiger partial charge is 0.508 e. The van der Waals surface area contributed by atoms with Crippen LogP contribution in [0.4, 0.5) is 19.4 Å². The molecule has 1 N–H and O–H groups in total. The standard InChI is InChI=1S/C40H39F2N7O5/c1-4-28-30(41)8-5-22-12-27(50)13-29(31(22)28)34-33(42)35-32(37(44-34)52-3)36(48-17-25-6-7-26(18-48)49(25)39(51)54-21(2)14-43)46-38(45-35)53-20-40(9-10-40)19-47-15-23-11-24(23)16-47/h1,5,8,12-13,21,23-26,50H,6-7,9-11,15-20H2,2-3H3. The number of benzene rings is 2. The van der Waals surface area contributed by atoms with Gasteiger partial charge in [0.1, 0.15) is 40.1 Å². The summed E-state index contributed by atoms with van der Waals surface area (Å²) >= 11 is 0. The maximum atomic E-state index is 17.3. The molecule has 0 radical (unpaired) electrons. The minimum Gasteiger partial charge on any atom is -0.508 e. The lowest BCUT2D eigenvalue weighted by Crippen LogP contribution is -2.56. The Morgan fingerprint density at radius 1 is 1.09 bits per heavy atom. The third kappa shape index (κ3) is 5.84. The molecule has 5 unspecified atom stereocenters. The van der Waals surface area contributed by atoms with E-state index in [2.05, 4.69) is 20.8 Å². The molecular formula is C40H39F2N7O5. The van der Waals surface area contributed by atoms with E-state index in [0.29, 0.717) is 43.7 Å². The van der Waals surface area contributed by atoms with Crippen molar-refractivity contribution in [3.05, 3.63) is 41.5 Å². The van der Waals surface area contributed by atoms with Crippen molar-refractivity contribution >= 4 is 33.6 Å². The smallest absolute Gasteiger partial charge is 0.411 e. The first-order valence-corrected chi connectivity index (χ1v) is 18.4. The van der Waals surface area contributed by atoms with Crippen molar-refractivity contribution in [2.45, 2.75) is 57.2 Å². The second-order valence-corrected chi connectivity index (χ2v) is 15.6. The van der Waals surface area contributed by atoms with Crippen LogP contribution in [0.1, 0.15) is 44.6 Å². The molecule has 9 rings (SSSR count). The average Bonchev–Trinajstić information content (AvgIpc) is 4.05. The molecule has 2 aliphatic carbocycles. The van der Waals surface area contributed by atoms with Gasteiger partial charge in [0.2, 0.25) is 5.88 Å². The van der Waals surface area contributed by atoms with E-state index in [1.54, 1.807) is 4.90 Å². The van der Waals surface area contributed by atoms with E-state index in [4.69, 9.17) is 25.6 Å². The highest BCUT2D eigenvalue weighted by atomic mass is 19.1. The molecule has 0 spiro atoms. The van der Waals surface area contributed by atoms with E-state index in [1.165, 1.54) is 44.7 Å². The summed E-state index contributed by atoms with van der Waals surface area (Å²) in [5, 5.41) is 20.7. The van der Waals surface area contributed by atoms with Crippen molar-refractivity contribution in [3.8, 4) is 47.3 Å². The molecule has 5 fully saturated rings. The number of aromatic nitrogens is 3. The van der Waals surface area contributed by atoms with Gasteiger partial charge in [-0.1, -0.05) is 12.0 Å². The zero-order valence-corrected chi connectivity index (χ0v) is 30.0. The quantitative estimate of drug-likeness (QED) is 0.214. The third-order valence-electron chi connectivity index (χ3n) is 11.9. The predicted molar refractivity (Wildman–Crippen MR) is 194 cm³/mol. The first-order chi connectivity index (χ1) is 26.1. The number of phenolic OH excluding ortho intramolecular Hbond substituents is 1. The van der Waals surface area contributed by atoms with Gasteiger partial charge in [0.15, 0.2) is 11.9 Å². The number of carbonyl (C=O) groups excluding carboxylic acids is 1. The summed E-state index contributed by atoms with van der Waals surface area (Å²) in [4.78, 5) is 33.4. The number of hydrogen-bond acceptors (Lipinski definition) is 11. The fourth-order valence-electron chi connectivity index (χ4n) is 8.93. The van der Waals surface area contributed by atoms with Gasteiger partial charge in [-0.05, 0) is 74.4 Å². The number of amides is 1. The van der Waals surface area contributed by atoms with Crippen molar-refractivity contribution in [1.29, 1.82) is 5.26 Å². The number of likely N-dealkylation sites (tertiary alicyclic amines) is 1. The van der Waals surface area contributed by atoms with Crippen molar-refractivity contribution in [3.63, 3.8) is 0 Å². The van der Waals surface area contributed by atoms with Crippen LogP contribution in [0.15, 0.2) is 24.3 Å². The third-order valence-corrected chi connectivity index (χ3v) is 11.9. The summed E-state index contributed by atoms with van der Waals surface area (Å²) in [6.45, 7) is 5.75. The van der Waals surface area contributed by atoms with Gasteiger partial charge in [-0.25, -0.2) is 18.6 Å². The van der Waals surface area contributed by atoms with Crippen LogP contribution in [0.3, 0.4) is 0 Å². The Bertz CT molecular complexity index is 2280. The topological polar surface area (TPSA) is 137 Å². The number of aromatic hydroxyl groups is 1. The van der Waals surface area contributed by atoms with E-state index < -0.39 is 23.8 Å². The molecule has 1 amide bonds. The van der Waals surface area contributed by atoms with Gasteiger partial charge >= 0.3 is 12.1 Å².